The molecular formula is C24H31BrN2O2S. The largest absolute Gasteiger partial charge is 0.352 e. The number of benzene rings is 2. The number of aryl methyl sites for hydroxylation is 1. The van der Waals surface area contributed by atoms with Gasteiger partial charge in [0.25, 0.3) is 0 Å². The van der Waals surface area contributed by atoms with Crippen LogP contribution in [0.2, 0.25) is 0 Å². The fraction of sp³-hybridized carbons (Fsp3) is 0.417. The number of hydrogen-bond acceptors (Lipinski definition) is 3. The highest BCUT2D eigenvalue weighted by Gasteiger charge is 2.28. The first kappa shape index (κ1) is 24.5. The van der Waals surface area contributed by atoms with Crippen molar-refractivity contribution in [1.82, 2.24) is 10.2 Å². The van der Waals surface area contributed by atoms with Gasteiger partial charge in [-0.25, -0.2) is 0 Å². The van der Waals surface area contributed by atoms with Gasteiger partial charge in [-0.2, -0.15) is 0 Å². The number of carbonyl (C=O) groups is 2. The molecule has 0 aliphatic carbocycles. The highest BCUT2D eigenvalue weighted by atomic mass is 79.9. The second kappa shape index (κ2) is 12.2. The molecule has 6 heteroatoms. The van der Waals surface area contributed by atoms with E-state index in [2.05, 4.69) is 33.4 Å². The molecule has 2 aromatic rings. The van der Waals surface area contributed by atoms with E-state index in [0.29, 0.717) is 18.7 Å². The lowest BCUT2D eigenvalue weighted by atomic mass is 10.1. The molecule has 0 unspecified atom stereocenters. The minimum atomic E-state index is -0.477. The van der Waals surface area contributed by atoms with Crippen LogP contribution in [0.25, 0.3) is 0 Å². The van der Waals surface area contributed by atoms with Crippen molar-refractivity contribution in [2.75, 3.05) is 5.75 Å². The highest BCUT2D eigenvalue weighted by Crippen LogP contribution is 2.19. The molecule has 1 atom stereocenters. The van der Waals surface area contributed by atoms with Gasteiger partial charge in [-0.15, -0.1) is 11.8 Å². The maximum Gasteiger partial charge on any atom is 0.243 e. The second-order valence-corrected chi connectivity index (χ2v) is 9.62. The van der Waals surface area contributed by atoms with Crippen LogP contribution in [-0.4, -0.2) is 34.6 Å². The van der Waals surface area contributed by atoms with Gasteiger partial charge in [0.2, 0.25) is 11.8 Å². The first-order valence-electron chi connectivity index (χ1n) is 10.3. The molecule has 2 rings (SSSR count). The van der Waals surface area contributed by atoms with Crippen molar-refractivity contribution < 1.29 is 9.59 Å². The van der Waals surface area contributed by atoms with Crippen LogP contribution in [-0.2, 0) is 21.9 Å². The summed E-state index contributed by atoms with van der Waals surface area (Å²) in [6, 6.07) is 15.8. The van der Waals surface area contributed by atoms with Crippen LogP contribution in [0.5, 0.6) is 0 Å². The Kier molecular flexibility index (Phi) is 9.92. The minimum Gasteiger partial charge on any atom is -0.352 e. The molecule has 0 saturated heterocycles. The quantitative estimate of drug-likeness (QED) is 0.489. The predicted molar refractivity (Wildman–Crippen MR) is 129 cm³/mol. The number of rotatable bonds is 10. The van der Waals surface area contributed by atoms with Gasteiger partial charge in [-0.1, -0.05) is 64.8 Å². The third kappa shape index (κ3) is 7.80. The fourth-order valence-electron chi connectivity index (χ4n) is 3.11. The fourth-order valence-corrected chi connectivity index (χ4v) is 4.25. The monoisotopic (exact) mass is 490 g/mol. The molecule has 2 aromatic carbocycles. The Morgan fingerprint density at radius 2 is 1.63 bits per heavy atom. The molecule has 162 valence electrons. The number of thioether (sulfide) groups is 1. The zero-order chi connectivity index (χ0) is 22.1. The first-order chi connectivity index (χ1) is 14.3. The topological polar surface area (TPSA) is 49.4 Å². The molecule has 0 saturated carbocycles. The van der Waals surface area contributed by atoms with Crippen molar-refractivity contribution in [2.45, 2.75) is 58.5 Å². The molecule has 0 fully saturated rings. The molecule has 0 aromatic heterocycles. The van der Waals surface area contributed by atoms with E-state index in [4.69, 9.17) is 0 Å². The Labute approximate surface area is 192 Å². The van der Waals surface area contributed by atoms with E-state index in [1.54, 1.807) is 16.7 Å². The molecule has 0 heterocycles. The Hall–Kier alpha value is -1.79. The number of nitrogens with one attached hydrogen (secondary N) is 1. The number of nitrogens with zero attached hydrogens (tertiary/aromatic N) is 1. The summed E-state index contributed by atoms with van der Waals surface area (Å²) in [7, 11) is 0. The van der Waals surface area contributed by atoms with Gasteiger partial charge in [0, 0.05) is 22.8 Å². The lowest BCUT2D eigenvalue weighted by Gasteiger charge is -2.31. The van der Waals surface area contributed by atoms with E-state index in [9.17, 15) is 9.59 Å². The van der Waals surface area contributed by atoms with Crippen molar-refractivity contribution >= 4 is 39.5 Å². The Morgan fingerprint density at radius 3 is 2.20 bits per heavy atom. The van der Waals surface area contributed by atoms with E-state index < -0.39 is 6.04 Å². The summed E-state index contributed by atoms with van der Waals surface area (Å²) in [5.41, 5.74) is 3.37. The summed E-state index contributed by atoms with van der Waals surface area (Å²) in [5.74, 6) is 0.994. The van der Waals surface area contributed by atoms with Gasteiger partial charge in [-0.3, -0.25) is 9.59 Å². The molecule has 0 aliphatic heterocycles. The maximum atomic E-state index is 13.2. The number of carbonyl (C=O) groups excluding carboxylic acids is 2. The van der Waals surface area contributed by atoms with E-state index in [0.717, 1.165) is 15.8 Å². The first-order valence-corrected chi connectivity index (χ1v) is 12.2. The normalized spacial score (nSPS) is 11.9. The number of hydrogen-bond donors (Lipinski definition) is 1. The molecule has 0 bridgehead atoms. The van der Waals surface area contributed by atoms with Crippen LogP contribution in [0.1, 0.15) is 43.9 Å². The summed E-state index contributed by atoms with van der Waals surface area (Å²) in [6.45, 7) is 8.29. The van der Waals surface area contributed by atoms with Crippen LogP contribution in [0.3, 0.4) is 0 Å². The Bertz CT molecular complexity index is 822. The van der Waals surface area contributed by atoms with Crippen LogP contribution >= 0.6 is 27.7 Å². The summed E-state index contributed by atoms with van der Waals surface area (Å²) < 4.78 is 1.04. The molecule has 0 spiro atoms. The average molecular weight is 491 g/mol. The summed E-state index contributed by atoms with van der Waals surface area (Å²) in [5, 5.41) is 2.97. The van der Waals surface area contributed by atoms with Gasteiger partial charge in [0.15, 0.2) is 0 Å². The molecule has 0 radical (unpaired) electrons. The van der Waals surface area contributed by atoms with Crippen LogP contribution < -0.4 is 5.32 Å². The molecule has 30 heavy (non-hydrogen) atoms. The van der Waals surface area contributed by atoms with Crippen LogP contribution in [0, 0.1) is 6.92 Å². The van der Waals surface area contributed by atoms with Gasteiger partial charge in [-0.05, 0) is 50.5 Å². The van der Waals surface area contributed by atoms with Crippen molar-refractivity contribution in [3.63, 3.8) is 0 Å². The van der Waals surface area contributed by atoms with Crippen LogP contribution in [0.15, 0.2) is 53.0 Å². The second-order valence-electron chi connectivity index (χ2n) is 7.71. The smallest absolute Gasteiger partial charge is 0.243 e. The molecule has 4 nitrogen and oxygen atoms in total. The van der Waals surface area contributed by atoms with Crippen molar-refractivity contribution in [3.8, 4) is 0 Å². The van der Waals surface area contributed by atoms with Crippen molar-refractivity contribution in [3.05, 3.63) is 69.7 Å². The molecule has 1 N–H and O–H groups in total. The maximum absolute atomic E-state index is 13.2. The SMILES string of the molecule is CC[C@@H](C(=O)NC(C)C)N(Cc1ccc(C)cc1)C(=O)CSCc1ccc(Br)cc1. The highest BCUT2D eigenvalue weighted by molar-refractivity contribution is 9.10. The molecular weight excluding hydrogens is 460 g/mol. The van der Waals surface area contributed by atoms with Crippen molar-refractivity contribution in [1.29, 1.82) is 0 Å². The van der Waals surface area contributed by atoms with E-state index in [-0.39, 0.29) is 17.9 Å². The minimum absolute atomic E-state index is 0.0107. The third-order valence-electron chi connectivity index (χ3n) is 4.70. The summed E-state index contributed by atoms with van der Waals surface area (Å²) in [6.07, 6.45) is 0.577. The van der Waals surface area contributed by atoms with Gasteiger partial charge in [0.1, 0.15) is 6.04 Å². The lowest BCUT2D eigenvalue weighted by Crippen LogP contribution is -2.50. The molecule has 0 aliphatic rings. The van der Waals surface area contributed by atoms with E-state index in [1.807, 2.05) is 64.1 Å². The Balaban J connectivity index is 2.11. The summed E-state index contributed by atoms with van der Waals surface area (Å²) >= 11 is 5.02. The lowest BCUT2D eigenvalue weighted by molar-refractivity contribution is -0.139. The standard InChI is InChI=1S/C24H31BrN2O2S/c1-5-22(24(29)26-17(2)3)27(14-19-8-6-18(4)7-9-19)23(28)16-30-15-20-10-12-21(25)13-11-20/h6-13,17,22H,5,14-16H2,1-4H3,(H,26,29)/t22-/m0/s1. The third-order valence-corrected chi connectivity index (χ3v) is 6.22. The van der Waals surface area contributed by atoms with E-state index in [1.165, 1.54) is 11.1 Å². The number of amides is 2. The van der Waals surface area contributed by atoms with Gasteiger partial charge >= 0.3 is 0 Å². The zero-order valence-electron chi connectivity index (χ0n) is 18.2. The predicted octanol–water partition coefficient (Wildman–Crippen LogP) is 5.32. The summed E-state index contributed by atoms with van der Waals surface area (Å²) in [4.78, 5) is 27.7. The van der Waals surface area contributed by atoms with E-state index >= 15 is 0 Å². The van der Waals surface area contributed by atoms with Crippen molar-refractivity contribution in [2.24, 2.45) is 0 Å². The van der Waals surface area contributed by atoms with Gasteiger partial charge in [0.05, 0.1) is 5.75 Å². The molecule has 2 amide bonds. The van der Waals surface area contributed by atoms with Gasteiger partial charge < -0.3 is 10.2 Å². The Morgan fingerprint density at radius 1 is 1.03 bits per heavy atom. The number of halogens is 1. The van der Waals surface area contributed by atoms with Crippen LogP contribution in [0.4, 0.5) is 0 Å². The zero-order valence-corrected chi connectivity index (χ0v) is 20.6. The average Bonchev–Trinajstić information content (AvgIpc) is 2.70.